The van der Waals surface area contributed by atoms with Crippen LogP contribution in [0, 0.1) is 0 Å². The highest BCUT2D eigenvalue weighted by molar-refractivity contribution is 8.00. The molecule has 0 bridgehead atoms. The number of carbonyl (C=O) groups excluding carboxylic acids is 1. The fourth-order valence-corrected chi connectivity index (χ4v) is 4.67. The molecule has 0 spiro atoms. The normalized spacial score (nSPS) is 25.2. The predicted molar refractivity (Wildman–Crippen MR) is 45.7 cm³/mol. The lowest BCUT2D eigenvalue weighted by Gasteiger charge is -2.18. The van der Waals surface area contributed by atoms with E-state index >= 15 is 0 Å². The Morgan fingerprint density at radius 3 is 3.00 bits per heavy atom. The number of thioether (sulfide) groups is 1. The van der Waals surface area contributed by atoms with Crippen LogP contribution in [0.3, 0.4) is 0 Å². The second-order valence-electron chi connectivity index (χ2n) is 3.04. The molecule has 0 atom stereocenters. The summed E-state index contributed by atoms with van der Waals surface area (Å²) in [6, 6.07) is 1.10. The van der Waals surface area contributed by atoms with E-state index in [-0.39, 0.29) is 5.97 Å². The van der Waals surface area contributed by atoms with E-state index in [1.807, 2.05) is 0 Å². The number of rotatable bonds is 0. The van der Waals surface area contributed by atoms with Crippen molar-refractivity contribution in [2.24, 2.45) is 0 Å². The van der Waals surface area contributed by atoms with Gasteiger partial charge in [0.1, 0.15) is 0 Å². The third kappa shape index (κ3) is 2.34. The Labute approximate surface area is 66.5 Å². The Bertz CT molecular complexity index is 147. The molecule has 0 N–H and O–H groups in total. The van der Waals surface area contributed by atoms with Gasteiger partial charge in [0.05, 0.1) is 5.75 Å². The van der Waals surface area contributed by atoms with Crippen LogP contribution in [0.25, 0.3) is 0 Å². The van der Waals surface area contributed by atoms with Gasteiger partial charge in [0.15, 0.2) is 0 Å². The molecule has 10 heavy (non-hydrogen) atoms. The predicted octanol–water partition coefficient (Wildman–Crippen LogP) is 1.48. The van der Waals surface area contributed by atoms with E-state index in [4.69, 9.17) is 4.43 Å². The lowest BCUT2D eigenvalue weighted by molar-refractivity contribution is -0.132. The molecule has 1 rings (SSSR count). The van der Waals surface area contributed by atoms with Gasteiger partial charge in [-0.05, 0) is 24.9 Å². The molecule has 0 aliphatic carbocycles. The highest BCUT2D eigenvalue weighted by Crippen LogP contribution is 2.20. The molecule has 0 saturated carbocycles. The van der Waals surface area contributed by atoms with Gasteiger partial charge in [0.25, 0.3) is 0 Å². The van der Waals surface area contributed by atoms with Gasteiger partial charge in [0.2, 0.25) is 8.32 Å². The molecule has 0 amide bonds. The van der Waals surface area contributed by atoms with Gasteiger partial charge in [-0.25, -0.2) is 0 Å². The van der Waals surface area contributed by atoms with Gasteiger partial charge in [-0.3, -0.25) is 4.79 Å². The van der Waals surface area contributed by atoms with Crippen LogP contribution in [0.15, 0.2) is 0 Å². The van der Waals surface area contributed by atoms with Crippen molar-refractivity contribution in [2.45, 2.75) is 19.1 Å². The summed E-state index contributed by atoms with van der Waals surface area (Å²) in [7, 11) is -1.57. The summed E-state index contributed by atoms with van der Waals surface area (Å²) in [6.07, 6.45) is 0. The lowest BCUT2D eigenvalue weighted by atomic mass is 10.8. The fourth-order valence-electron chi connectivity index (χ4n) is 0.862. The SMILES string of the molecule is C[Si]1(C)CCSCC(=O)O1. The summed E-state index contributed by atoms with van der Waals surface area (Å²) in [5.41, 5.74) is 0. The maximum absolute atomic E-state index is 10.9. The Kier molecular flexibility index (Phi) is 2.41. The molecule has 4 heteroatoms. The first-order chi connectivity index (χ1) is 4.60. The van der Waals surface area contributed by atoms with E-state index in [2.05, 4.69) is 13.1 Å². The van der Waals surface area contributed by atoms with Crippen molar-refractivity contribution in [3.63, 3.8) is 0 Å². The van der Waals surface area contributed by atoms with Crippen LogP contribution >= 0.6 is 11.8 Å². The van der Waals surface area contributed by atoms with E-state index in [1.54, 1.807) is 11.8 Å². The average Bonchev–Trinajstić information content (AvgIpc) is 1.90. The maximum atomic E-state index is 10.9. The van der Waals surface area contributed by atoms with Gasteiger partial charge in [-0.1, -0.05) is 0 Å². The summed E-state index contributed by atoms with van der Waals surface area (Å²) >= 11 is 1.69. The second-order valence-corrected chi connectivity index (χ2v) is 8.37. The molecule has 1 heterocycles. The van der Waals surface area contributed by atoms with Gasteiger partial charge in [-0.2, -0.15) is 11.8 Å². The molecular formula is C6H12O2SSi. The van der Waals surface area contributed by atoms with Gasteiger partial charge >= 0.3 is 5.97 Å². The monoisotopic (exact) mass is 176 g/mol. The van der Waals surface area contributed by atoms with Crippen molar-refractivity contribution in [1.82, 2.24) is 0 Å². The van der Waals surface area contributed by atoms with E-state index in [1.165, 1.54) is 0 Å². The Morgan fingerprint density at radius 2 is 2.30 bits per heavy atom. The summed E-state index contributed by atoms with van der Waals surface area (Å²) < 4.78 is 5.28. The lowest BCUT2D eigenvalue weighted by Crippen LogP contribution is -2.32. The van der Waals surface area contributed by atoms with Crippen LogP contribution in [0.5, 0.6) is 0 Å². The van der Waals surface area contributed by atoms with E-state index < -0.39 is 8.32 Å². The smallest absolute Gasteiger partial charge is 0.302 e. The molecule has 0 aromatic carbocycles. The summed E-state index contributed by atoms with van der Waals surface area (Å²) in [5.74, 6) is 1.63. The van der Waals surface area contributed by atoms with E-state index in [9.17, 15) is 4.79 Å². The van der Waals surface area contributed by atoms with Gasteiger partial charge in [-0.15, -0.1) is 0 Å². The zero-order valence-electron chi connectivity index (χ0n) is 6.35. The van der Waals surface area contributed by atoms with Gasteiger partial charge in [0, 0.05) is 0 Å². The molecule has 0 aromatic heterocycles. The fraction of sp³-hybridized carbons (Fsp3) is 0.833. The minimum absolute atomic E-state index is 0.0147. The van der Waals surface area contributed by atoms with Crippen molar-refractivity contribution in [2.75, 3.05) is 11.5 Å². The second kappa shape index (κ2) is 2.96. The Morgan fingerprint density at radius 1 is 1.60 bits per heavy atom. The van der Waals surface area contributed by atoms with Crippen molar-refractivity contribution >= 4 is 26.0 Å². The number of hydrogen-bond acceptors (Lipinski definition) is 3. The first-order valence-electron chi connectivity index (χ1n) is 3.40. The van der Waals surface area contributed by atoms with Crippen LogP contribution in [0.1, 0.15) is 0 Å². The van der Waals surface area contributed by atoms with E-state index in [0.717, 1.165) is 11.8 Å². The Hall–Kier alpha value is 0.0369. The molecule has 0 aromatic rings. The third-order valence-electron chi connectivity index (χ3n) is 1.46. The Balaban J connectivity index is 2.54. The minimum Gasteiger partial charge on any atom is -0.519 e. The van der Waals surface area contributed by atoms with Crippen molar-refractivity contribution in [3.8, 4) is 0 Å². The van der Waals surface area contributed by atoms with Crippen molar-refractivity contribution in [1.29, 1.82) is 0 Å². The molecule has 2 nitrogen and oxygen atoms in total. The molecule has 0 unspecified atom stereocenters. The number of hydrogen-bond donors (Lipinski definition) is 0. The highest BCUT2D eigenvalue weighted by Gasteiger charge is 2.28. The first-order valence-corrected chi connectivity index (χ1v) is 7.67. The largest absolute Gasteiger partial charge is 0.519 e. The standard InChI is InChI=1S/C6H12O2SSi/c1-10(2)4-3-9-5-6(7)8-10/h3-5H2,1-2H3. The average molecular weight is 176 g/mol. The molecule has 1 fully saturated rings. The topological polar surface area (TPSA) is 26.3 Å². The zero-order valence-corrected chi connectivity index (χ0v) is 8.16. The molecule has 58 valence electrons. The third-order valence-corrected chi connectivity index (χ3v) is 4.99. The molecule has 1 saturated heterocycles. The summed E-state index contributed by atoms with van der Waals surface area (Å²) in [4.78, 5) is 10.9. The molecular weight excluding hydrogens is 164 g/mol. The van der Waals surface area contributed by atoms with E-state index in [0.29, 0.717) is 5.75 Å². The van der Waals surface area contributed by atoms with Crippen molar-refractivity contribution in [3.05, 3.63) is 0 Å². The van der Waals surface area contributed by atoms with Crippen LogP contribution in [-0.2, 0) is 9.22 Å². The summed E-state index contributed by atoms with van der Waals surface area (Å²) in [5, 5.41) is 0. The van der Waals surface area contributed by atoms with Crippen LogP contribution in [0.2, 0.25) is 19.1 Å². The molecule has 0 radical (unpaired) electrons. The molecule has 1 aliphatic heterocycles. The first kappa shape index (κ1) is 8.14. The van der Waals surface area contributed by atoms with Gasteiger partial charge < -0.3 is 4.43 Å². The van der Waals surface area contributed by atoms with Crippen LogP contribution in [-0.4, -0.2) is 25.8 Å². The molecule has 1 aliphatic rings. The van der Waals surface area contributed by atoms with Crippen molar-refractivity contribution < 1.29 is 9.22 Å². The number of carbonyl (C=O) groups is 1. The quantitative estimate of drug-likeness (QED) is 0.523. The highest BCUT2D eigenvalue weighted by atomic mass is 32.2. The van der Waals surface area contributed by atoms with Crippen LogP contribution < -0.4 is 0 Å². The minimum atomic E-state index is -1.57. The summed E-state index contributed by atoms with van der Waals surface area (Å²) in [6.45, 7) is 4.19. The van der Waals surface area contributed by atoms with Crippen LogP contribution in [0.4, 0.5) is 0 Å². The zero-order chi connectivity index (χ0) is 7.61. The maximum Gasteiger partial charge on any atom is 0.302 e.